The molecule has 0 aliphatic rings. The summed E-state index contributed by atoms with van der Waals surface area (Å²) in [6.45, 7) is 6.09. The molecule has 0 radical (unpaired) electrons. The van der Waals surface area contributed by atoms with Crippen LogP contribution < -0.4 is 11.1 Å². The van der Waals surface area contributed by atoms with Crippen LogP contribution in [0.2, 0.25) is 0 Å². The topological polar surface area (TPSA) is 55.1 Å². The van der Waals surface area contributed by atoms with Crippen molar-refractivity contribution in [3.05, 3.63) is 0 Å². The number of amides is 1. The highest BCUT2D eigenvalue weighted by molar-refractivity contribution is 7.98. The lowest BCUT2D eigenvalue weighted by Crippen LogP contribution is -2.45. The van der Waals surface area contributed by atoms with Gasteiger partial charge in [-0.2, -0.15) is 11.8 Å². The molecular weight excluding hydrogens is 184 g/mol. The van der Waals surface area contributed by atoms with E-state index in [0.29, 0.717) is 6.54 Å². The van der Waals surface area contributed by atoms with Gasteiger partial charge in [0.05, 0.1) is 5.41 Å². The first-order chi connectivity index (χ1) is 5.94. The molecule has 13 heavy (non-hydrogen) atoms. The van der Waals surface area contributed by atoms with Crippen LogP contribution in [0.15, 0.2) is 0 Å². The predicted molar refractivity (Wildman–Crippen MR) is 58.8 cm³/mol. The average Bonchev–Trinajstić information content (AvgIpc) is 2.04. The predicted octanol–water partition coefficient (Wildman–Crippen LogP) is 0.839. The van der Waals surface area contributed by atoms with Crippen LogP contribution in [0.25, 0.3) is 0 Å². The van der Waals surface area contributed by atoms with Gasteiger partial charge in [-0.05, 0) is 27.0 Å². The maximum atomic E-state index is 11.6. The second kappa shape index (κ2) is 5.50. The molecule has 0 aromatic rings. The second-order valence-corrected chi connectivity index (χ2v) is 4.83. The Morgan fingerprint density at radius 2 is 2.15 bits per heavy atom. The normalized spacial score (nSPS) is 13.9. The van der Waals surface area contributed by atoms with Crippen LogP contribution in [-0.4, -0.2) is 30.5 Å². The van der Waals surface area contributed by atoms with E-state index in [-0.39, 0.29) is 11.9 Å². The molecule has 1 atom stereocenters. The number of carbonyl (C=O) groups excluding carboxylic acids is 1. The van der Waals surface area contributed by atoms with Crippen molar-refractivity contribution in [1.82, 2.24) is 5.32 Å². The monoisotopic (exact) mass is 204 g/mol. The van der Waals surface area contributed by atoms with Crippen molar-refractivity contribution in [2.45, 2.75) is 26.8 Å². The van der Waals surface area contributed by atoms with Gasteiger partial charge in [0.15, 0.2) is 0 Å². The van der Waals surface area contributed by atoms with E-state index in [9.17, 15) is 4.79 Å². The van der Waals surface area contributed by atoms with Crippen LogP contribution in [0, 0.1) is 5.41 Å². The Morgan fingerprint density at radius 3 is 2.54 bits per heavy atom. The van der Waals surface area contributed by atoms with Crippen molar-refractivity contribution >= 4 is 17.7 Å². The van der Waals surface area contributed by atoms with Gasteiger partial charge >= 0.3 is 0 Å². The van der Waals surface area contributed by atoms with E-state index < -0.39 is 5.41 Å². The molecular formula is C9H20N2OS. The lowest BCUT2D eigenvalue weighted by molar-refractivity contribution is -0.129. The Morgan fingerprint density at radius 1 is 1.62 bits per heavy atom. The molecule has 0 rings (SSSR count). The molecule has 0 spiro atoms. The maximum Gasteiger partial charge on any atom is 0.227 e. The minimum Gasteiger partial charge on any atom is -0.352 e. The molecule has 1 amide bonds. The summed E-state index contributed by atoms with van der Waals surface area (Å²) in [6, 6.07) is 0.216. The van der Waals surface area contributed by atoms with Gasteiger partial charge in [0.25, 0.3) is 0 Å². The molecule has 0 fully saturated rings. The molecule has 0 aromatic carbocycles. The third-order valence-corrected chi connectivity index (χ3v) is 2.75. The van der Waals surface area contributed by atoms with Gasteiger partial charge in [-0.15, -0.1) is 0 Å². The third-order valence-electron chi connectivity index (χ3n) is 1.92. The van der Waals surface area contributed by atoms with Gasteiger partial charge in [-0.3, -0.25) is 4.79 Å². The maximum absolute atomic E-state index is 11.6. The zero-order chi connectivity index (χ0) is 10.5. The van der Waals surface area contributed by atoms with Gasteiger partial charge in [0, 0.05) is 18.3 Å². The zero-order valence-electron chi connectivity index (χ0n) is 8.89. The SMILES string of the molecule is CSCC(C)NC(=O)C(C)(C)CN. The summed E-state index contributed by atoms with van der Waals surface area (Å²) >= 11 is 1.72. The van der Waals surface area contributed by atoms with Gasteiger partial charge in [0.2, 0.25) is 5.91 Å². The summed E-state index contributed by atoms with van der Waals surface area (Å²) in [5, 5.41) is 2.93. The van der Waals surface area contributed by atoms with Crippen molar-refractivity contribution in [3.63, 3.8) is 0 Å². The number of hydrogen-bond acceptors (Lipinski definition) is 3. The fourth-order valence-electron chi connectivity index (χ4n) is 0.804. The molecule has 0 bridgehead atoms. The first-order valence-electron chi connectivity index (χ1n) is 4.44. The molecule has 0 aliphatic carbocycles. The largest absolute Gasteiger partial charge is 0.352 e. The minimum atomic E-state index is -0.452. The highest BCUT2D eigenvalue weighted by Gasteiger charge is 2.26. The summed E-state index contributed by atoms with van der Waals surface area (Å²) in [5.74, 6) is 0.975. The van der Waals surface area contributed by atoms with Crippen LogP contribution in [0.1, 0.15) is 20.8 Å². The molecule has 0 heterocycles. The summed E-state index contributed by atoms with van der Waals surface area (Å²) in [6.07, 6.45) is 2.02. The van der Waals surface area contributed by atoms with Crippen LogP contribution in [-0.2, 0) is 4.79 Å². The Bertz CT molecular complexity index is 171. The van der Waals surface area contributed by atoms with Gasteiger partial charge in [-0.25, -0.2) is 0 Å². The number of hydrogen-bond donors (Lipinski definition) is 2. The molecule has 1 unspecified atom stereocenters. The molecule has 3 N–H and O–H groups in total. The highest BCUT2D eigenvalue weighted by Crippen LogP contribution is 2.12. The summed E-state index contributed by atoms with van der Waals surface area (Å²) in [4.78, 5) is 11.6. The molecule has 4 heteroatoms. The third kappa shape index (κ3) is 4.52. The quantitative estimate of drug-likeness (QED) is 0.698. The van der Waals surface area contributed by atoms with E-state index in [1.807, 2.05) is 27.0 Å². The first-order valence-corrected chi connectivity index (χ1v) is 5.83. The highest BCUT2D eigenvalue weighted by atomic mass is 32.2. The molecule has 0 aliphatic heterocycles. The van der Waals surface area contributed by atoms with E-state index in [1.54, 1.807) is 11.8 Å². The number of nitrogens with two attached hydrogens (primary N) is 1. The van der Waals surface area contributed by atoms with Gasteiger partial charge < -0.3 is 11.1 Å². The van der Waals surface area contributed by atoms with Crippen LogP contribution in [0.5, 0.6) is 0 Å². The minimum absolute atomic E-state index is 0.0385. The Balaban J connectivity index is 3.99. The summed E-state index contributed by atoms with van der Waals surface area (Å²) in [5.41, 5.74) is 5.04. The molecule has 78 valence electrons. The van der Waals surface area contributed by atoms with Crippen molar-refractivity contribution in [3.8, 4) is 0 Å². The Labute approximate surface area is 84.8 Å². The van der Waals surface area contributed by atoms with Crippen molar-refractivity contribution < 1.29 is 4.79 Å². The fraction of sp³-hybridized carbons (Fsp3) is 0.889. The number of rotatable bonds is 5. The van der Waals surface area contributed by atoms with Crippen LogP contribution in [0.4, 0.5) is 0 Å². The molecule has 3 nitrogen and oxygen atoms in total. The summed E-state index contributed by atoms with van der Waals surface area (Å²) in [7, 11) is 0. The Kier molecular flexibility index (Phi) is 5.40. The van der Waals surface area contributed by atoms with Crippen molar-refractivity contribution in [1.29, 1.82) is 0 Å². The van der Waals surface area contributed by atoms with E-state index in [4.69, 9.17) is 5.73 Å². The standard InChI is InChI=1S/C9H20N2OS/c1-7(5-13-4)11-8(12)9(2,3)6-10/h7H,5-6,10H2,1-4H3,(H,11,12). The zero-order valence-corrected chi connectivity index (χ0v) is 9.70. The second-order valence-electron chi connectivity index (χ2n) is 3.92. The van der Waals surface area contributed by atoms with E-state index in [1.165, 1.54) is 0 Å². The average molecular weight is 204 g/mol. The number of carbonyl (C=O) groups is 1. The molecule has 0 saturated carbocycles. The first kappa shape index (κ1) is 12.8. The number of thioether (sulfide) groups is 1. The Hall–Kier alpha value is -0.220. The lowest BCUT2D eigenvalue weighted by atomic mass is 9.92. The van der Waals surface area contributed by atoms with E-state index in [0.717, 1.165) is 5.75 Å². The van der Waals surface area contributed by atoms with Crippen LogP contribution >= 0.6 is 11.8 Å². The fourth-order valence-corrected chi connectivity index (χ4v) is 1.39. The smallest absolute Gasteiger partial charge is 0.227 e. The van der Waals surface area contributed by atoms with E-state index >= 15 is 0 Å². The molecule has 0 aromatic heterocycles. The van der Waals surface area contributed by atoms with Gasteiger partial charge in [-0.1, -0.05) is 0 Å². The van der Waals surface area contributed by atoms with Crippen LogP contribution in [0.3, 0.4) is 0 Å². The van der Waals surface area contributed by atoms with Gasteiger partial charge in [0.1, 0.15) is 0 Å². The summed E-state index contributed by atoms with van der Waals surface area (Å²) < 4.78 is 0. The molecule has 0 saturated heterocycles. The lowest BCUT2D eigenvalue weighted by Gasteiger charge is -2.23. The number of nitrogens with one attached hydrogen (secondary N) is 1. The van der Waals surface area contributed by atoms with Crippen molar-refractivity contribution in [2.75, 3.05) is 18.6 Å². The van der Waals surface area contributed by atoms with E-state index in [2.05, 4.69) is 5.32 Å². The van der Waals surface area contributed by atoms with Crippen molar-refractivity contribution in [2.24, 2.45) is 11.1 Å².